The molecule has 0 atom stereocenters. The highest BCUT2D eigenvalue weighted by atomic mass is 15.2. The Morgan fingerprint density at radius 3 is 2.45 bits per heavy atom. The molecule has 2 saturated heterocycles. The first-order chi connectivity index (χ1) is 9.74. The zero-order valence-corrected chi connectivity index (χ0v) is 12.6. The average molecular weight is 268 g/mol. The Hall–Kier alpha value is -1.22. The molecule has 2 aliphatic rings. The van der Waals surface area contributed by atoms with Gasteiger partial charge in [-0.25, -0.2) is 0 Å². The minimum Gasteiger partial charge on any atom is -0.371 e. The third-order valence-corrected chi connectivity index (χ3v) is 4.85. The van der Waals surface area contributed by atoms with Crippen molar-refractivity contribution in [2.75, 3.05) is 26.2 Å². The molecule has 0 aliphatic carbocycles. The standard InChI is InChI=1S/C17H25BN2/c1-14(15-5-4-6-16(18)13-15)19-11-7-17(8-12-19)20-9-2-3-10-20/h4-6,13,17H,1-3,7-12,18H2. The third kappa shape index (κ3) is 2.93. The minimum atomic E-state index is 0.819. The maximum atomic E-state index is 4.32. The third-order valence-electron chi connectivity index (χ3n) is 4.85. The van der Waals surface area contributed by atoms with Gasteiger partial charge in [0.05, 0.1) is 0 Å². The van der Waals surface area contributed by atoms with E-state index in [0.29, 0.717) is 0 Å². The second kappa shape index (κ2) is 6.05. The van der Waals surface area contributed by atoms with E-state index in [2.05, 4.69) is 48.5 Å². The van der Waals surface area contributed by atoms with Gasteiger partial charge in [0, 0.05) is 24.8 Å². The fraction of sp³-hybridized carbons (Fsp3) is 0.529. The van der Waals surface area contributed by atoms with Crippen LogP contribution in [0, 0.1) is 0 Å². The van der Waals surface area contributed by atoms with Crippen molar-refractivity contribution in [2.24, 2.45) is 0 Å². The molecule has 2 fully saturated rings. The van der Waals surface area contributed by atoms with Crippen LogP contribution >= 0.6 is 0 Å². The van der Waals surface area contributed by atoms with Crippen molar-refractivity contribution < 1.29 is 0 Å². The van der Waals surface area contributed by atoms with E-state index < -0.39 is 0 Å². The Morgan fingerprint density at radius 2 is 1.80 bits per heavy atom. The maximum Gasteiger partial charge on any atom is 0.139 e. The van der Waals surface area contributed by atoms with E-state index in [9.17, 15) is 0 Å². The predicted molar refractivity (Wildman–Crippen MR) is 89.1 cm³/mol. The van der Waals surface area contributed by atoms with Gasteiger partial charge in [-0.2, -0.15) is 0 Å². The largest absolute Gasteiger partial charge is 0.371 e. The summed E-state index contributed by atoms with van der Waals surface area (Å²) in [6, 6.07) is 9.53. The minimum absolute atomic E-state index is 0.819. The summed E-state index contributed by atoms with van der Waals surface area (Å²) in [7, 11) is 2.15. The fourth-order valence-corrected chi connectivity index (χ4v) is 3.61. The van der Waals surface area contributed by atoms with Crippen LogP contribution in [0.15, 0.2) is 30.8 Å². The van der Waals surface area contributed by atoms with Crippen molar-refractivity contribution in [2.45, 2.75) is 31.7 Å². The van der Waals surface area contributed by atoms with Crippen molar-refractivity contribution in [3.8, 4) is 0 Å². The molecule has 2 aliphatic heterocycles. The van der Waals surface area contributed by atoms with Gasteiger partial charge in [0.25, 0.3) is 0 Å². The highest BCUT2D eigenvalue weighted by Crippen LogP contribution is 2.25. The van der Waals surface area contributed by atoms with Crippen LogP contribution in [0.3, 0.4) is 0 Å². The van der Waals surface area contributed by atoms with E-state index >= 15 is 0 Å². The quantitative estimate of drug-likeness (QED) is 0.766. The Kier molecular flexibility index (Phi) is 4.16. The molecular formula is C17H25BN2. The van der Waals surface area contributed by atoms with Gasteiger partial charge >= 0.3 is 0 Å². The van der Waals surface area contributed by atoms with E-state index in [4.69, 9.17) is 0 Å². The molecule has 0 saturated carbocycles. The maximum absolute atomic E-state index is 4.32. The van der Waals surface area contributed by atoms with Crippen molar-refractivity contribution in [3.63, 3.8) is 0 Å². The SMILES string of the molecule is Bc1cccc(C(=C)N2CCC(N3CCCC3)CC2)c1. The molecule has 3 rings (SSSR count). The summed E-state index contributed by atoms with van der Waals surface area (Å²) in [6.07, 6.45) is 5.39. The second-order valence-electron chi connectivity index (χ2n) is 6.28. The average Bonchev–Trinajstić information content (AvgIpc) is 3.01. The molecular weight excluding hydrogens is 243 g/mol. The van der Waals surface area contributed by atoms with Gasteiger partial charge in [-0.3, -0.25) is 0 Å². The number of hydrogen-bond acceptors (Lipinski definition) is 2. The second-order valence-corrected chi connectivity index (χ2v) is 6.28. The summed E-state index contributed by atoms with van der Waals surface area (Å²) in [4.78, 5) is 5.17. The molecule has 1 aromatic carbocycles. The van der Waals surface area contributed by atoms with Crippen LogP contribution in [0.5, 0.6) is 0 Å². The molecule has 0 bridgehead atoms. The predicted octanol–water partition coefficient (Wildman–Crippen LogP) is 1.48. The Balaban J connectivity index is 1.58. The molecule has 0 N–H and O–H groups in total. The molecule has 2 heterocycles. The van der Waals surface area contributed by atoms with Gasteiger partial charge < -0.3 is 9.80 Å². The van der Waals surface area contributed by atoms with Crippen molar-refractivity contribution in [1.29, 1.82) is 0 Å². The van der Waals surface area contributed by atoms with Crippen LogP contribution in [-0.2, 0) is 0 Å². The number of piperidine rings is 1. The first-order valence-corrected chi connectivity index (χ1v) is 7.99. The summed E-state index contributed by atoms with van der Waals surface area (Å²) in [6.45, 7) is 9.29. The molecule has 0 amide bonds. The first kappa shape index (κ1) is 13.8. The normalized spacial score (nSPS) is 21.3. The monoisotopic (exact) mass is 268 g/mol. The topological polar surface area (TPSA) is 6.48 Å². The lowest BCUT2D eigenvalue weighted by molar-refractivity contribution is 0.159. The number of rotatable bonds is 3. The fourth-order valence-electron chi connectivity index (χ4n) is 3.61. The van der Waals surface area contributed by atoms with Crippen LogP contribution < -0.4 is 5.46 Å². The Morgan fingerprint density at radius 1 is 1.10 bits per heavy atom. The van der Waals surface area contributed by atoms with Gasteiger partial charge in [0.1, 0.15) is 7.85 Å². The van der Waals surface area contributed by atoms with Gasteiger partial charge in [0.2, 0.25) is 0 Å². The molecule has 3 heteroatoms. The first-order valence-electron chi connectivity index (χ1n) is 7.99. The lowest BCUT2D eigenvalue weighted by atomic mass is 9.93. The summed E-state index contributed by atoms with van der Waals surface area (Å²) < 4.78 is 0. The summed E-state index contributed by atoms with van der Waals surface area (Å²) >= 11 is 0. The zero-order valence-electron chi connectivity index (χ0n) is 12.6. The number of hydrogen-bond donors (Lipinski definition) is 0. The van der Waals surface area contributed by atoms with Crippen molar-refractivity contribution >= 4 is 19.0 Å². The molecule has 0 spiro atoms. The number of benzene rings is 1. The highest BCUT2D eigenvalue weighted by molar-refractivity contribution is 6.32. The Labute approximate surface area is 123 Å². The van der Waals surface area contributed by atoms with E-state index in [1.54, 1.807) is 0 Å². The van der Waals surface area contributed by atoms with Gasteiger partial charge in [-0.05, 0) is 44.3 Å². The van der Waals surface area contributed by atoms with E-state index in [1.807, 2.05) is 0 Å². The molecule has 0 aromatic heterocycles. The smallest absolute Gasteiger partial charge is 0.139 e. The molecule has 1 aromatic rings. The van der Waals surface area contributed by atoms with Gasteiger partial charge in [-0.1, -0.05) is 36.3 Å². The van der Waals surface area contributed by atoms with Gasteiger partial charge in [-0.15, -0.1) is 0 Å². The molecule has 0 radical (unpaired) electrons. The van der Waals surface area contributed by atoms with Crippen LogP contribution in [0.2, 0.25) is 0 Å². The zero-order chi connectivity index (χ0) is 13.9. The molecule has 106 valence electrons. The van der Waals surface area contributed by atoms with Crippen LogP contribution in [0.25, 0.3) is 5.70 Å². The van der Waals surface area contributed by atoms with E-state index in [0.717, 1.165) is 19.1 Å². The molecule has 20 heavy (non-hydrogen) atoms. The summed E-state index contributed by atoms with van der Waals surface area (Å²) in [5, 5.41) is 0. The Bertz CT molecular complexity index is 472. The summed E-state index contributed by atoms with van der Waals surface area (Å²) in [5.74, 6) is 0. The molecule has 2 nitrogen and oxygen atoms in total. The lowest BCUT2D eigenvalue weighted by Crippen LogP contribution is -2.43. The van der Waals surface area contributed by atoms with E-state index in [1.165, 1.54) is 55.5 Å². The van der Waals surface area contributed by atoms with Crippen LogP contribution in [0.4, 0.5) is 0 Å². The highest BCUT2D eigenvalue weighted by Gasteiger charge is 2.26. The number of nitrogens with zero attached hydrogens (tertiary/aromatic N) is 2. The van der Waals surface area contributed by atoms with Crippen molar-refractivity contribution in [3.05, 3.63) is 36.4 Å². The lowest BCUT2D eigenvalue weighted by Gasteiger charge is -2.38. The van der Waals surface area contributed by atoms with E-state index in [-0.39, 0.29) is 0 Å². The summed E-state index contributed by atoms with van der Waals surface area (Å²) in [5.41, 5.74) is 3.80. The van der Waals surface area contributed by atoms with Gasteiger partial charge in [0.15, 0.2) is 0 Å². The van der Waals surface area contributed by atoms with Crippen LogP contribution in [-0.4, -0.2) is 49.9 Å². The van der Waals surface area contributed by atoms with Crippen LogP contribution in [0.1, 0.15) is 31.2 Å². The van der Waals surface area contributed by atoms with Crippen molar-refractivity contribution in [1.82, 2.24) is 9.80 Å². The molecule has 0 unspecified atom stereocenters. The number of likely N-dealkylation sites (tertiary alicyclic amines) is 2.